The molecule has 104 valence electrons. The van der Waals surface area contributed by atoms with Gasteiger partial charge in [-0.25, -0.2) is 4.79 Å². The molecule has 4 heteroatoms. The van der Waals surface area contributed by atoms with Crippen molar-refractivity contribution < 1.29 is 4.79 Å². The Morgan fingerprint density at radius 1 is 1.15 bits per heavy atom. The Hall–Kier alpha value is -2.36. The van der Waals surface area contributed by atoms with Crippen molar-refractivity contribution >= 4 is 11.7 Å². The molecule has 0 saturated carbocycles. The highest BCUT2D eigenvalue weighted by atomic mass is 16.2. The van der Waals surface area contributed by atoms with Gasteiger partial charge in [-0.1, -0.05) is 12.1 Å². The number of hydrogen-bond acceptors (Lipinski definition) is 2. The molecule has 0 aliphatic rings. The lowest BCUT2D eigenvalue weighted by Crippen LogP contribution is -2.31. The molecule has 0 bridgehead atoms. The Morgan fingerprint density at radius 3 is 2.45 bits per heavy atom. The highest BCUT2D eigenvalue weighted by Crippen LogP contribution is 2.14. The zero-order valence-electron chi connectivity index (χ0n) is 12.0. The van der Waals surface area contributed by atoms with E-state index in [4.69, 9.17) is 0 Å². The van der Waals surface area contributed by atoms with E-state index in [2.05, 4.69) is 21.7 Å². The Kier molecular flexibility index (Phi) is 4.35. The van der Waals surface area contributed by atoms with Crippen LogP contribution in [0.15, 0.2) is 42.6 Å². The second-order valence-corrected chi connectivity index (χ2v) is 4.95. The van der Waals surface area contributed by atoms with Gasteiger partial charge in [0, 0.05) is 11.9 Å². The number of carbonyl (C=O) groups is 1. The largest absolute Gasteiger partial charge is 0.330 e. The van der Waals surface area contributed by atoms with Crippen LogP contribution in [0.5, 0.6) is 0 Å². The molecular weight excluding hydrogens is 250 g/mol. The number of urea groups is 1. The molecule has 4 nitrogen and oxygen atoms in total. The summed E-state index contributed by atoms with van der Waals surface area (Å²) in [6.45, 7) is 5.92. The maximum atomic E-state index is 12.0. The van der Waals surface area contributed by atoms with Crippen LogP contribution >= 0.6 is 0 Å². The molecule has 2 amide bonds. The highest BCUT2D eigenvalue weighted by molar-refractivity contribution is 5.89. The molecule has 2 aromatic rings. The molecule has 1 aromatic heterocycles. The fraction of sp³-hybridized carbons (Fsp3) is 0.250. The summed E-state index contributed by atoms with van der Waals surface area (Å²) in [7, 11) is 0. The highest BCUT2D eigenvalue weighted by Gasteiger charge is 2.10. The van der Waals surface area contributed by atoms with Gasteiger partial charge >= 0.3 is 6.03 Å². The minimum atomic E-state index is -0.229. The third-order valence-corrected chi connectivity index (χ3v) is 2.96. The second kappa shape index (κ2) is 6.19. The first-order chi connectivity index (χ1) is 9.54. The van der Waals surface area contributed by atoms with Crippen molar-refractivity contribution in [3.63, 3.8) is 0 Å². The van der Waals surface area contributed by atoms with Crippen LogP contribution in [0, 0.1) is 13.8 Å². The van der Waals surface area contributed by atoms with E-state index in [1.807, 2.05) is 51.1 Å². The van der Waals surface area contributed by atoms with Crippen LogP contribution in [0.3, 0.4) is 0 Å². The number of aromatic nitrogens is 1. The monoisotopic (exact) mass is 269 g/mol. The zero-order chi connectivity index (χ0) is 14.5. The van der Waals surface area contributed by atoms with Gasteiger partial charge in [-0.15, -0.1) is 0 Å². The Morgan fingerprint density at radius 2 is 1.85 bits per heavy atom. The molecule has 0 saturated heterocycles. The standard InChI is InChI=1S/C16H19N3O/c1-11-8-12(2)10-14(9-11)19-16(20)18-13(3)15-6-4-5-7-17-15/h4-10,13H,1-3H3,(H2,18,19,20)/t13-/m1/s1. The van der Waals surface area contributed by atoms with E-state index in [1.54, 1.807) is 6.20 Å². The first kappa shape index (κ1) is 14.1. The third-order valence-electron chi connectivity index (χ3n) is 2.96. The molecule has 0 aliphatic heterocycles. The van der Waals surface area contributed by atoms with E-state index in [-0.39, 0.29) is 12.1 Å². The van der Waals surface area contributed by atoms with Gasteiger partial charge in [-0.3, -0.25) is 4.98 Å². The van der Waals surface area contributed by atoms with Crippen LogP contribution in [-0.2, 0) is 0 Å². The van der Waals surface area contributed by atoms with Crippen LogP contribution in [-0.4, -0.2) is 11.0 Å². The van der Waals surface area contributed by atoms with Gasteiger partial charge in [-0.05, 0) is 56.2 Å². The summed E-state index contributed by atoms with van der Waals surface area (Å²) < 4.78 is 0. The number of amides is 2. The molecule has 2 N–H and O–H groups in total. The number of nitrogens with zero attached hydrogens (tertiary/aromatic N) is 1. The number of pyridine rings is 1. The molecule has 0 aliphatic carbocycles. The summed E-state index contributed by atoms with van der Waals surface area (Å²) in [6, 6.07) is 11.2. The van der Waals surface area contributed by atoms with E-state index in [9.17, 15) is 4.79 Å². The van der Waals surface area contributed by atoms with Crippen LogP contribution in [0.2, 0.25) is 0 Å². The summed E-state index contributed by atoms with van der Waals surface area (Å²) in [5.41, 5.74) is 3.88. The van der Waals surface area contributed by atoms with E-state index < -0.39 is 0 Å². The predicted octanol–water partition coefficient (Wildman–Crippen LogP) is 3.58. The Bertz CT molecular complexity index is 576. The fourth-order valence-electron chi connectivity index (χ4n) is 2.12. The summed E-state index contributed by atoms with van der Waals surface area (Å²) >= 11 is 0. The van der Waals surface area contributed by atoms with Crippen LogP contribution in [0.25, 0.3) is 0 Å². The van der Waals surface area contributed by atoms with Crippen molar-refractivity contribution in [1.29, 1.82) is 0 Å². The number of nitrogens with one attached hydrogen (secondary N) is 2. The zero-order valence-corrected chi connectivity index (χ0v) is 12.0. The van der Waals surface area contributed by atoms with Crippen LogP contribution in [0.1, 0.15) is 29.8 Å². The molecule has 0 unspecified atom stereocenters. The van der Waals surface area contributed by atoms with Gasteiger partial charge in [-0.2, -0.15) is 0 Å². The maximum Gasteiger partial charge on any atom is 0.319 e. The Balaban J connectivity index is 1.99. The fourth-order valence-corrected chi connectivity index (χ4v) is 2.12. The minimum Gasteiger partial charge on any atom is -0.330 e. The van der Waals surface area contributed by atoms with Crippen LogP contribution < -0.4 is 10.6 Å². The SMILES string of the molecule is Cc1cc(C)cc(NC(=O)N[C@H](C)c2ccccn2)c1. The van der Waals surface area contributed by atoms with Crippen molar-refractivity contribution in [2.75, 3.05) is 5.32 Å². The molecule has 0 fully saturated rings. The van der Waals surface area contributed by atoms with E-state index in [1.165, 1.54) is 0 Å². The number of benzene rings is 1. The van der Waals surface area contributed by atoms with Gasteiger partial charge in [0.15, 0.2) is 0 Å². The normalized spacial score (nSPS) is 11.8. The van der Waals surface area contributed by atoms with Gasteiger partial charge < -0.3 is 10.6 Å². The van der Waals surface area contributed by atoms with Crippen molar-refractivity contribution in [1.82, 2.24) is 10.3 Å². The average molecular weight is 269 g/mol. The Labute approximate surface area is 119 Å². The smallest absolute Gasteiger partial charge is 0.319 e. The van der Waals surface area contributed by atoms with Crippen molar-refractivity contribution in [2.45, 2.75) is 26.8 Å². The number of rotatable bonds is 3. The third kappa shape index (κ3) is 3.82. The lowest BCUT2D eigenvalue weighted by Gasteiger charge is -2.14. The lowest BCUT2D eigenvalue weighted by atomic mass is 10.1. The number of aryl methyl sites for hydroxylation is 2. The van der Waals surface area contributed by atoms with Crippen molar-refractivity contribution in [3.05, 3.63) is 59.4 Å². The van der Waals surface area contributed by atoms with Crippen molar-refractivity contribution in [2.24, 2.45) is 0 Å². The summed E-state index contributed by atoms with van der Waals surface area (Å²) in [5.74, 6) is 0. The first-order valence-corrected chi connectivity index (χ1v) is 6.61. The van der Waals surface area contributed by atoms with Crippen molar-refractivity contribution in [3.8, 4) is 0 Å². The van der Waals surface area contributed by atoms with Gasteiger partial charge in [0.05, 0.1) is 11.7 Å². The average Bonchev–Trinajstić information content (AvgIpc) is 2.38. The predicted molar refractivity (Wildman–Crippen MR) is 80.7 cm³/mol. The number of carbonyl (C=O) groups excluding carboxylic acids is 1. The molecular formula is C16H19N3O. The molecule has 1 heterocycles. The topological polar surface area (TPSA) is 54.0 Å². The molecule has 20 heavy (non-hydrogen) atoms. The molecule has 0 spiro atoms. The van der Waals surface area contributed by atoms with Gasteiger partial charge in [0.25, 0.3) is 0 Å². The maximum absolute atomic E-state index is 12.0. The summed E-state index contributed by atoms with van der Waals surface area (Å²) in [5, 5.41) is 5.72. The number of anilines is 1. The van der Waals surface area contributed by atoms with E-state index in [0.29, 0.717) is 0 Å². The lowest BCUT2D eigenvalue weighted by molar-refractivity contribution is 0.249. The van der Waals surface area contributed by atoms with Gasteiger partial charge in [0.2, 0.25) is 0 Å². The summed E-state index contributed by atoms with van der Waals surface area (Å²) in [6.07, 6.45) is 1.72. The van der Waals surface area contributed by atoms with Gasteiger partial charge in [0.1, 0.15) is 0 Å². The minimum absolute atomic E-state index is 0.137. The molecule has 2 rings (SSSR count). The van der Waals surface area contributed by atoms with E-state index in [0.717, 1.165) is 22.5 Å². The quantitative estimate of drug-likeness (QED) is 0.894. The molecule has 1 aromatic carbocycles. The second-order valence-electron chi connectivity index (χ2n) is 4.95. The first-order valence-electron chi connectivity index (χ1n) is 6.61. The van der Waals surface area contributed by atoms with Crippen LogP contribution in [0.4, 0.5) is 10.5 Å². The number of hydrogen-bond donors (Lipinski definition) is 2. The summed E-state index contributed by atoms with van der Waals surface area (Å²) in [4.78, 5) is 16.2. The molecule has 1 atom stereocenters. The molecule has 0 radical (unpaired) electrons. The van der Waals surface area contributed by atoms with E-state index >= 15 is 0 Å².